The normalized spacial score (nSPS) is 11.4. The largest absolute Gasteiger partial charge is 0.487 e. The zero-order valence-electron chi connectivity index (χ0n) is 10.3. The Balaban J connectivity index is 2.31. The first-order valence-corrected chi connectivity index (χ1v) is 9.45. The standard InChI is InChI=1S/C13H8BrCl3O3S/c14-9-4-5-11(12(6-9)21(17,18)19)20-7-8-2-1-3-10(15)13(8)16/h1-6H,7H2. The second-order valence-corrected chi connectivity index (χ2v) is 8.27. The molecule has 0 atom stereocenters. The van der Waals surface area contributed by atoms with Crippen molar-refractivity contribution >= 4 is 58.9 Å². The fourth-order valence-electron chi connectivity index (χ4n) is 1.61. The van der Waals surface area contributed by atoms with Gasteiger partial charge in [0, 0.05) is 20.7 Å². The van der Waals surface area contributed by atoms with Crippen molar-refractivity contribution in [3.8, 4) is 5.75 Å². The van der Waals surface area contributed by atoms with E-state index in [4.69, 9.17) is 38.6 Å². The summed E-state index contributed by atoms with van der Waals surface area (Å²) in [4.78, 5) is -0.114. The van der Waals surface area contributed by atoms with E-state index in [0.29, 0.717) is 20.1 Å². The predicted molar refractivity (Wildman–Crippen MR) is 88.0 cm³/mol. The molecule has 2 rings (SSSR count). The van der Waals surface area contributed by atoms with Crippen LogP contribution in [0, 0.1) is 0 Å². The number of benzene rings is 2. The van der Waals surface area contributed by atoms with E-state index in [1.165, 1.54) is 12.1 Å². The minimum Gasteiger partial charge on any atom is -0.487 e. The van der Waals surface area contributed by atoms with E-state index < -0.39 is 9.05 Å². The van der Waals surface area contributed by atoms with Crippen molar-refractivity contribution in [1.29, 1.82) is 0 Å². The Morgan fingerprint density at radius 2 is 1.86 bits per heavy atom. The molecular weight excluding hydrogens is 422 g/mol. The maximum atomic E-state index is 11.6. The topological polar surface area (TPSA) is 43.4 Å². The molecule has 0 radical (unpaired) electrons. The van der Waals surface area contributed by atoms with Crippen LogP contribution in [0.2, 0.25) is 10.0 Å². The minimum absolute atomic E-state index is 0.0699. The minimum atomic E-state index is -3.92. The highest BCUT2D eigenvalue weighted by molar-refractivity contribution is 9.10. The average Bonchev–Trinajstić information content (AvgIpc) is 2.40. The van der Waals surface area contributed by atoms with Crippen molar-refractivity contribution in [3.05, 3.63) is 56.5 Å². The monoisotopic (exact) mass is 428 g/mol. The summed E-state index contributed by atoms with van der Waals surface area (Å²) in [5, 5.41) is 0.769. The number of halogens is 4. The van der Waals surface area contributed by atoms with Crippen molar-refractivity contribution < 1.29 is 13.2 Å². The Kier molecular flexibility index (Phi) is 5.43. The zero-order chi connectivity index (χ0) is 15.6. The van der Waals surface area contributed by atoms with Crippen molar-refractivity contribution in [1.82, 2.24) is 0 Å². The van der Waals surface area contributed by atoms with Crippen LogP contribution in [0.4, 0.5) is 0 Å². The van der Waals surface area contributed by atoms with Crippen LogP contribution in [0.25, 0.3) is 0 Å². The second-order valence-electron chi connectivity index (χ2n) is 4.03. The molecule has 0 amide bonds. The fourth-order valence-corrected chi connectivity index (χ4v) is 3.49. The van der Waals surface area contributed by atoms with Gasteiger partial charge in [-0.15, -0.1) is 0 Å². The molecule has 0 N–H and O–H groups in total. The summed E-state index contributed by atoms with van der Waals surface area (Å²) in [7, 11) is 1.48. The number of hydrogen-bond donors (Lipinski definition) is 0. The van der Waals surface area contributed by atoms with Crippen LogP contribution in [0.5, 0.6) is 5.75 Å². The van der Waals surface area contributed by atoms with Crippen LogP contribution in [0.15, 0.2) is 45.8 Å². The second kappa shape index (κ2) is 6.75. The molecule has 0 aromatic heterocycles. The molecule has 0 saturated carbocycles. The molecular formula is C13H8BrCl3O3S. The highest BCUT2D eigenvalue weighted by Crippen LogP contribution is 2.32. The molecule has 2 aromatic rings. The van der Waals surface area contributed by atoms with Crippen molar-refractivity contribution in [2.45, 2.75) is 11.5 Å². The van der Waals surface area contributed by atoms with Crippen molar-refractivity contribution in [3.63, 3.8) is 0 Å². The molecule has 112 valence electrons. The summed E-state index contributed by atoms with van der Waals surface area (Å²) in [6.07, 6.45) is 0. The maximum absolute atomic E-state index is 11.6. The lowest BCUT2D eigenvalue weighted by Gasteiger charge is -2.11. The summed E-state index contributed by atoms with van der Waals surface area (Å²) in [5.74, 6) is 0.143. The number of ether oxygens (including phenoxy) is 1. The lowest BCUT2D eigenvalue weighted by Crippen LogP contribution is -2.01. The van der Waals surface area contributed by atoms with Gasteiger partial charge in [-0.25, -0.2) is 8.42 Å². The van der Waals surface area contributed by atoms with Crippen LogP contribution in [0.1, 0.15) is 5.56 Å². The lowest BCUT2D eigenvalue weighted by molar-refractivity contribution is 0.298. The predicted octanol–water partition coefficient (Wildman–Crippen LogP) is 5.26. The van der Waals surface area contributed by atoms with Gasteiger partial charge in [-0.05, 0) is 24.3 Å². The first-order chi connectivity index (χ1) is 9.79. The van der Waals surface area contributed by atoms with Crippen LogP contribution >= 0.6 is 49.8 Å². The third-order valence-electron chi connectivity index (χ3n) is 2.58. The van der Waals surface area contributed by atoms with Crippen LogP contribution in [0.3, 0.4) is 0 Å². The Morgan fingerprint density at radius 1 is 1.14 bits per heavy atom. The number of hydrogen-bond acceptors (Lipinski definition) is 3. The lowest BCUT2D eigenvalue weighted by atomic mass is 10.2. The van der Waals surface area contributed by atoms with Crippen LogP contribution < -0.4 is 4.74 Å². The quantitative estimate of drug-likeness (QED) is 0.621. The summed E-state index contributed by atoms with van der Waals surface area (Å²) in [5.41, 5.74) is 0.644. The molecule has 0 bridgehead atoms. The smallest absolute Gasteiger partial charge is 0.265 e. The molecule has 21 heavy (non-hydrogen) atoms. The molecule has 2 aromatic carbocycles. The van der Waals surface area contributed by atoms with Gasteiger partial charge in [-0.1, -0.05) is 51.3 Å². The van der Waals surface area contributed by atoms with Crippen molar-refractivity contribution in [2.24, 2.45) is 0 Å². The van der Waals surface area contributed by atoms with Gasteiger partial charge in [0.25, 0.3) is 9.05 Å². The Morgan fingerprint density at radius 3 is 2.52 bits per heavy atom. The summed E-state index contributed by atoms with van der Waals surface area (Å²) in [6, 6.07) is 9.66. The van der Waals surface area contributed by atoms with Crippen LogP contribution in [-0.2, 0) is 15.7 Å². The molecule has 0 saturated heterocycles. The molecule has 0 fully saturated rings. The maximum Gasteiger partial charge on any atom is 0.265 e. The van der Waals surface area contributed by atoms with Gasteiger partial charge in [0.2, 0.25) is 0 Å². The Hall–Kier alpha value is -0.460. The highest BCUT2D eigenvalue weighted by Gasteiger charge is 2.18. The Labute approximate surface area is 145 Å². The third kappa shape index (κ3) is 4.27. The summed E-state index contributed by atoms with van der Waals surface area (Å²) >= 11 is 15.1. The molecule has 0 aliphatic rings. The van der Waals surface area contributed by atoms with E-state index in [1.807, 2.05) is 0 Å². The van der Waals surface area contributed by atoms with Gasteiger partial charge < -0.3 is 4.74 Å². The van der Waals surface area contributed by atoms with Gasteiger partial charge in [0.1, 0.15) is 17.3 Å². The molecule has 0 heterocycles. The zero-order valence-corrected chi connectivity index (χ0v) is 15.0. The van der Waals surface area contributed by atoms with E-state index in [9.17, 15) is 8.42 Å². The van der Waals surface area contributed by atoms with Gasteiger partial charge >= 0.3 is 0 Å². The average molecular weight is 431 g/mol. The SMILES string of the molecule is O=S(=O)(Cl)c1cc(Br)ccc1OCc1cccc(Cl)c1Cl. The van der Waals surface area contributed by atoms with E-state index in [2.05, 4.69) is 15.9 Å². The molecule has 3 nitrogen and oxygen atoms in total. The third-order valence-corrected chi connectivity index (χ3v) is 5.28. The van der Waals surface area contributed by atoms with E-state index >= 15 is 0 Å². The van der Waals surface area contributed by atoms with Gasteiger partial charge in [-0.3, -0.25) is 0 Å². The molecule has 0 aliphatic carbocycles. The Bertz CT molecular complexity index is 778. The molecule has 0 aliphatic heterocycles. The molecule has 0 unspecified atom stereocenters. The first kappa shape index (κ1) is 16.9. The van der Waals surface area contributed by atoms with E-state index in [-0.39, 0.29) is 17.3 Å². The van der Waals surface area contributed by atoms with E-state index in [1.54, 1.807) is 24.3 Å². The van der Waals surface area contributed by atoms with Gasteiger partial charge in [0.05, 0.1) is 10.0 Å². The summed E-state index contributed by atoms with van der Waals surface area (Å²) < 4.78 is 29.2. The van der Waals surface area contributed by atoms with Crippen molar-refractivity contribution in [2.75, 3.05) is 0 Å². The fraction of sp³-hybridized carbons (Fsp3) is 0.0769. The first-order valence-electron chi connectivity index (χ1n) is 5.59. The van der Waals surface area contributed by atoms with Crippen LogP contribution in [-0.4, -0.2) is 8.42 Å². The van der Waals surface area contributed by atoms with Gasteiger partial charge in [0.15, 0.2) is 0 Å². The van der Waals surface area contributed by atoms with E-state index in [0.717, 1.165) is 0 Å². The highest BCUT2D eigenvalue weighted by atomic mass is 79.9. The molecule has 8 heteroatoms. The summed E-state index contributed by atoms with van der Waals surface area (Å²) in [6.45, 7) is 0.0699. The number of rotatable bonds is 4. The molecule has 0 spiro atoms. The van der Waals surface area contributed by atoms with Gasteiger partial charge in [-0.2, -0.15) is 0 Å².